The number of benzene rings is 1. The van der Waals surface area contributed by atoms with Crippen LogP contribution < -0.4 is 10.5 Å². The summed E-state index contributed by atoms with van der Waals surface area (Å²) >= 11 is 0. The Labute approximate surface area is 139 Å². The molecule has 0 radical (unpaired) electrons. The van der Waals surface area contributed by atoms with E-state index in [9.17, 15) is 18.8 Å². The second kappa shape index (κ2) is 7.90. The molecule has 24 heavy (non-hydrogen) atoms. The lowest BCUT2D eigenvalue weighted by molar-refractivity contribution is -0.134. The molecule has 0 aromatic heterocycles. The largest absolute Gasteiger partial charge is 0.494 e. The maximum absolute atomic E-state index is 13.6. The summed E-state index contributed by atoms with van der Waals surface area (Å²) < 4.78 is 18.4. The van der Waals surface area contributed by atoms with Crippen molar-refractivity contribution in [2.24, 2.45) is 11.7 Å². The topological polar surface area (TPSA) is 89.7 Å². The zero-order chi connectivity index (χ0) is 17.7. The normalized spacial score (nSPS) is 15.2. The molecule has 2 rings (SSSR count). The van der Waals surface area contributed by atoms with Crippen molar-refractivity contribution < 1.29 is 23.5 Å². The van der Waals surface area contributed by atoms with Gasteiger partial charge in [0.15, 0.2) is 17.3 Å². The van der Waals surface area contributed by atoms with Crippen LogP contribution >= 0.6 is 0 Å². The van der Waals surface area contributed by atoms with Crippen LogP contribution in [0.25, 0.3) is 0 Å². The molecule has 0 atom stereocenters. The number of likely N-dealkylation sites (tertiary alicyclic amines) is 1. The molecule has 1 aliphatic rings. The summed E-state index contributed by atoms with van der Waals surface area (Å²) in [4.78, 5) is 37.0. The number of ketones is 1. The molecular weight excluding hydrogens is 315 g/mol. The zero-order valence-corrected chi connectivity index (χ0v) is 13.6. The second-order valence-electron chi connectivity index (χ2n) is 5.83. The van der Waals surface area contributed by atoms with E-state index >= 15 is 0 Å². The number of halogens is 1. The number of carbonyl (C=O) groups excluding carboxylic acids is 3. The molecular formula is C17H21FN2O4. The molecule has 1 fully saturated rings. The second-order valence-corrected chi connectivity index (χ2v) is 5.83. The van der Waals surface area contributed by atoms with E-state index < -0.39 is 5.82 Å². The highest BCUT2D eigenvalue weighted by molar-refractivity contribution is 5.98. The highest BCUT2D eigenvalue weighted by Crippen LogP contribution is 2.20. The summed E-state index contributed by atoms with van der Waals surface area (Å²) in [5.74, 6) is -1.49. The molecule has 1 aliphatic heterocycles. The number of nitrogens with two attached hydrogens (primary N) is 1. The maximum Gasteiger partial charge on any atom is 0.223 e. The van der Waals surface area contributed by atoms with Crippen molar-refractivity contribution in [3.8, 4) is 5.75 Å². The molecule has 1 saturated heterocycles. The van der Waals surface area contributed by atoms with Crippen LogP contribution in [-0.4, -0.2) is 42.7 Å². The molecule has 0 bridgehead atoms. The number of rotatable bonds is 6. The van der Waals surface area contributed by atoms with Gasteiger partial charge in [-0.15, -0.1) is 0 Å². The monoisotopic (exact) mass is 336 g/mol. The van der Waals surface area contributed by atoms with Gasteiger partial charge in [0.1, 0.15) is 0 Å². The summed E-state index contributed by atoms with van der Waals surface area (Å²) in [5, 5.41) is 0. The van der Waals surface area contributed by atoms with Crippen molar-refractivity contribution in [2.45, 2.75) is 25.7 Å². The van der Waals surface area contributed by atoms with E-state index in [2.05, 4.69) is 0 Å². The Balaban J connectivity index is 1.84. The summed E-state index contributed by atoms with van der Waals surface area (Å²) in [6, 6.07) is 3.98. The highest BCUT2D eigenvalue weighted by Gasteiger charge is 2.26. The van der Waals surface area contributed by atoms with Crippen LogP contribution in [0, 0.1) is 11.7 Å². The molecule has 0 saturated carbocycles. The number of nitrogens with zero attached hydrogens (tertiary/aromatic N) is 1. The van der Waals surface area contributed by atoms with Gasteiger partial charge in [0.25, 0.3) is 0 Å². The van der Waals surface area contributed by atoms with Gasteiger partial charge >= 0.3 is 0 Å². The fraction of sp³-hybridized carbons (Fsp3) is 0.471. The van der Waals surface area contributed by atoms with E-state index in [0.29, 0.717) is 25.9 Å². The minimum Gasteiger partial charge on any atom is -0.494 e. The number of amides is 2. The van der Waals surface area contributed by atoms with Crippen molar-refractivity contribution in [3.63, 3.8) is 0 Å². The van der Waals surface area contributed by atoms with E-state index in [1.165, 1.54) is 19.2 Å². The number of carbonyl (C=O) groups is 3. The molecule has 0 spiro atoms. The Morgan fingerprint density at radius 1 is 1.25 bits per heavy atom. The number of hydrogen-bond donors (Lipinski definition) is 1. The van der Waals surface area contributed by atoms with Gasteiger partial charge < -0.3 is 15.4 Å². The lowest BCUT2D eigenvalue weighted by Crippen LogP contribution is -2.41. The van der Waals surface area contributed by atoms with E-state index in [1.54, 1.807) is 4.90 Å². The first-order valence-electron chi connectivity index (χ1n) is 7.86. The molecule has 6 nitrogen and oxygen atoms in total. The van der Waals surface area contributed by atoms with Gasteiger partial charge in [-0.3, -0.25) is 14.4 Å². The van der Waals surface area contributed by atoms with Crippen LogP contribution in [0.5, 0.6) is 5.75 Å². The van der Waals surface area contributed by atoms with E-state index in [1.807, 2.05) is 0 Å². The average molecular weight is 336 g/mol. The van der Waals surface area contributed by atoms with Crippen molar-refractivity contribution in [2.75, 3.05) is 20.2 Å². The number of primary amides is 1. The smallest absolute Gasteiger partial charge is 0.223 e. The summed E-state index contributed by atoms with van der Waals surface area (Å²) in [6.07, 6.45) is 1.19. The number of ether oxygens (including phenoxy) is 1. The molecule has 0 unspecified atom stereocenters. The average Bonchev–Trinajstić information content (AvgIpc) is 2.59. The molecule has 0 aliphatic carbocycles. The van der Waals surface area contributed by atoms with E-state index in [0.717, 1.165) is 6.07 Å². The van der Waals surface area contributed by atoms with Crippen LogP contribution in [-0.2, 0) is 9.59 Å². The van der Waals surface area contributed by atoms with Gasteiger partial charge in [0.05, 0.1) is 7.11 Å². The lowest BCUT2D eigenvalue weighted by atomic mass is 9.96. The van der Waals surface area contributed by atoms with Crippen LogP contribution in [0.15, 0.2) is 18.2 Å². The van der Waals surface area contributed by atoms with Crippen LogP contribution in [0.4, 0.5) is 4.39 Å². The fourth-order valence-corrected chi connectivity index (χ4v) is 2.78. The highest BCUT2D eigenvalue weighted by atomic mass is 19.1. The number of methoxy groups -OCH3 is 1. The number of piperidine rings is 1. The van der Waals surface area contributed by atoms with Gasteiger partial charge in [-0.05, 0) is 31.0 Å². The Hall–Kier alpha value is -2.44. The van der Waals surface area contributed by atoms with Crippen molar-refractivity contribution >= 4 is 17.6 Å². The Bertz CT molecular complexity index is 639. The van der Waals surface area contributed by atoms with Gasteiger partial charge in [-0.25, -0.2) is 4.39 Å². The third kappa shape index (κ3) is 4.31. The predicted octanol–water partition coefficient (Wildman–Crippen LogP) is 1.52. The van der Waals surface area contributed by atoms with Crippen molar-refractivity contribution in [3.05, 3.63) is 29.6 Å². The van der Waals surface area contributed by atoms with Crippen molar-refractivity contribution in [1.82, 2.24) is 4.90 Å². The van der Waals surface area contributed by atoms with Crippen LogP contribution in [0.2, 0.25) is 0 Å². The van der Waals surface area contributed by atoms with Gasteiger partial charge in [-0.2, -0.15) is 0 Å². The molecule has 2 N–H and O–H groups in total. The Kier molecular flexibility index (Phi) is 5.89. The molecule has 1 aromatic rings. The standard InChI is InChI=1S/C17H21FN2O4/c1-24-15-4-2-12(10-13(15)18)14(21)3-5-16(22)20-8-6-11(7-9-20)17(19)23/h2,4,10-11H,3,5-9H2,1H3,(H2,19,23). The maximum atomic E-state index is 13.6. The summed E-state index contributed by atoms with van der Waals surface area (Å²) in [5.41, 5.74) is 5.47. The van der Waals surface area contributed by atoms with Gasteiger partial charge in [0, 0.05) is 37.4 Å². The molecule has 130 valence electrons. The summed E-state index contributed by atoms with van der Waals surface area (Å²) in [6.45, 7) is 0.940. The molecule has 2 amide bonds. The third-order valence-corrected chi connectivity index (χ3v) is 4.29. The Morgan fingerprint density at radius 2 is 1.92 bits per heavy atom. The SMILES string of the molecule is COc1ccc(C(=O)CCC(=O)N2CCC(C(N)=O)CC2)cc1F. The summed E-state index contributed by atoms with van der Waals surface area (Å²) in [7, 11) is 1.35. The van der Waals surface area contributed by atoms with Crippen LogP contribution in [0.1, 0.15) is 36.0 Å². The zero-order valence-electron chi connectivity index (χ0n) is 13.6. The first-order chi connectivity index (χ1) is 11.4. The van der Waals surface area contributed by atoms with Gasteiger partial charge in [-0.1, -0.05) is 0 Å². The van der Waals surface area contributed by atoms with Crippen LogP contribution in [0.3, 0.4) is 0 Å². The first-order valence-corrected chi connectivity index (χ1v) is 7.86. The van der Waals surface area contributed by atoms with Gasteiger partial charge in [0.2, 0.25) is 11.8 Å². The minimum absolute atomic E-state index is 0.0142. The predicted molar refractivity (Wildman–Crippen MR) is 85.0 cm³/mol. The minimum atomic E-state index is -0.608. The number of hydrogen-bond acceptors (Lipinski definition) is 4. The van der Waals surface area contributed by atoms with E-state index in [-0.39, 0.29) is 47.7 Å². The molecule has 1 aromatic carbocycles. The third-order valence-electron chi connectivity index (χ3n) is 4.29. The van der Waals surface area contributed by atoms with Crippen molar-refractivity contribution in [1.29, 1.82) is 0 Å². The molecule has 1 heterocycles. The first kappa shape index (κ1) is 17.9. The molecule has 7 heteroatoms. The number of Topliss-reactive ketones (excluding diaryl/α,β-unsaturated/α-hetero) is 1. The quantitative estimate of drug-likeness (QED) is 0.798. The Morgan fingerprint density at radius 3 is 2.46 bits per heavy atom. The fourth-order valence-electron chi connectivity index (χ4n) is 2.78. The lowest BCUT2D eigenvalue weighted by Gasteiger charge is -2.30. The van der Waals surface area contributed by atoms with E-state index in [4.69, 9.17) is 10.5 Å².